The minimum Gasteiger partial charge on any atom is -0.0984 e. The topological polar surface area (TPSA) is 0 Å². The van der Waals surface area contributed by atoms with Gasteiger partial charge in [-0.3, -0.25) is 0 Å². The van der Waals surface area contributed by atoms with Crippen LogP contribution in [0.2, 0.25) is 0 Å². The van der Waals surface area contributed by atoms with Crippen molar-refractivity contribution in [1.29, 1.82) is 0 Å². The van der Waals surface area contributed by atoms with E-state index >= 15 is 0 Å². The van der Waals surface area contributed by atoms with Crippen LogP contribution in [0.25, 0.3) is 28.3 Å². The molecule has 3 aromatic rings. The standard InChI is InChI=1S/C20H10I6/c1-2-12-15(22)8-11(9-16(12)23)19-17(24)6-10(7-18(19)25)13-4-3-5-14(21)20(13)26/h2-9H,1H2. The Morgan fingerprint density at radius 2 is 1.19 bits per heavy atom. The molecule has 3 rings (SSSR count). The number of rotatable bonds is 3. The van der Waals surface area contributed by atoms with Gasteiger partial charge in [-0.2, -0.15) is 0 Å². The predicted octanol–water partition coefficient (Wildman–Crippen LogP) is 9.29. The van der Waals surface area contributed by atoms with Gasteiger partial charge in [-0.05, 0) is 183 Å². The summed E-state index contributed by atoms with van der Waals surface area (Å²) in [6, 6.07) is 15.6. The van der Waals surface area contributed by atoms with Crippen LogP contribution in [0.5, 0.6) is 0 Å². The van der Waals surface area contributed by atoms with Crippen molar-refractivity contribution in [1.82, 2.24) is 0 Å². The molecule has 0 spiro atoms. The zero-order valence-corrected chi connectivity index (χ0v) is 26.0. The van der Waals surface area contributed by atoms with Gasteiger partial charge in [-0.15, -0.1) is 0 Å². The highest BCUT2D eigenvalue weighted by Gasteiger charge is 2.15. The lowest BCUT2D eigenvalue weighted by molar-refractivity contribution is 1.47. The van der Waals surface area contributed by atoms with Gasteiger partial charge >= 0.3 is 0 Å². The van der Waals surface area contributed by atoms with E-state index in [-0.39, 0.29) is 0 Å². The molecule has 0 aliphatic rings. The van der Waals surface area contributed by atoms with Crippen molar-refractivity contribution in [3.8, 4) is 22.3 Å². The minimum absolute atomic E-state index is 1.21. The summed E-state index contributed by atoms with van der Waals surface area (Å²) in [5, 5.41) is 0. The number of benzene rings is 3. The largest absolute Gasteiger partial charge is 0.0984 e. The van der Waals surface area contributed by atoms with Gasteiger partial charge in [-0.25, -0.2) is 0 Å². The van der Waals surface area contributed by atoms with E-state index in [1.807, 2.05) is 6.08 Å². The van der Waals surface area contributed by atoms with E-state index in [0.29, 0.717) is 0 Å². The lowest BCUT2D eigenvalue weighted by Crippen LogP contribution is -1.95. The summed E-state index contributed by atoms with van der Waals surface area (Å²) < 4.78 is 7.63. The summed E-state index contributed by atoms with van der Waals surface area (Å²) in [7, 11) is 0. The highest BCUT2D eigenvalue weighted by molar-refractivity contribution is 14.1. The molecule has 0 amide bonds. The SMILES string of the molecule is C=Cc1c(I)cc(-c2c(I)cc(-c3cccc(I)c3I)cc2I)cc1I. The molecule has 0 aliphatic carbocycles. The molecule has 3 aromatic carbocycles. The van der Waals surface area contributed by atoms with Crippen molar-refractivity contribution in [2.75, 3.05) is 0 Å². The van der Waals surface area contributed by atoms with Crippen molar-refractivity contribution < 1.29 is 0 Å². The van der Waals surface area contributed by atoms with E-state index in [9.17, 15) is 0 Å². The Bertz CT molecular complexity index is 977. The maximum Gasteiger partial charge on any atom is 0.0342 e. The van der Waals surface area contributed by atoms with E-state index in [4.69, 9.17) is 0 Å². The predicted molar refractivity (Wildman–Crippen MR) is 164 cm³/mol. The molecule has 0 N–H and O–H groups in total. The fraction of sp³-hybridized carbons (Fsp3) is 0. The Labute approximate surface area is 235 Å². The fourth-order valence-corrected chi connectivity index (χ4v) is 8.42. The molecule has 0 radical (unpaired) electrons. The van der Waals surface area contributed by atoms with Gasteiger partial charge in [0, 0.05) is 32.5 Å². The molecular weight excluding hydrogens is 1000 g/mol. The van der Waals surface area contributed by atoms with Crippen LogP contribution in [-0.2, 0) is 0 Å². The van der Waals surface area contributed by atoms with Gasteiger partial charge in [0.1, 0.15) is 0 Å². The van der Waals surface area contributed by atoms with Crippen LogP contribution in [0, 0.1) is 21.4 Å². The van der Waals surface area contributed by atoms with Crippen LogP contribution in [0.3, 0.4) is 0 Å². The Morgan fingerprint density at radius 3 is 1.73 bits per heavy atom. The molecule has 26 heavy (non-hydrogen) atoms. The zero-order chi connectivity index (χ0) is 19.0. The average molecular weight is 1010 g/mol. The van der Waals surface area contributed by atoms with Gasteiger partial charge in [0.2, 0.25) is 0 Å². The van der Waals surface area contributed by atoms with Crippen LogP contribution in [0.4, 0.5) is 0 Å². The van der Waals surface area contributed by atoms with Gasteiger partial charge < -0.3 is 0 Å². The van der Waals surface area contributed by atoms with Crippen LogP contribution in [-0.4, -0.2) is 0 Å². The fourth-order valence-electron chi connectivity index (χ4n) is 2.65. The van der Waals surface area contributed by atoms with E-state index in [0.717, 1.165) is 0 Å². The Kier molecular flexibility index (Phi) is 8.40. The van der Waals surface area contributed by atoms with Gasteiger partial charge in [0.25, 0.3) is 0 Å². The first kappa shape index (κ1) is 22.5. The van der Waals surface area contributed by atoms with Crippen molar-refractivity contribution >= 4 is 142 Å². The summed E-state index contributed by atoms with van der Waals surface area (Å²) in [5.74, 6) is 0. The number of halogens is 6. The summed E-state index contributed by atoms with van der Waals surface area (Å²) >= 11 is 14.6. The van der Waals surface area contributed by atoms with Crippen LogP contribution in [0.15, 0.2) is 49.0 Å². The first-order valence-electron chi connectivity index (χ1n) is 7.38. The molecule has 0 fully saturated rings. The normalized spacial score (nSPS) is 10.8. The molecular formula is C20H10I6. The van der Waals surface area contributed by atoms with Crippen molar-refractivity contribution in [2.24, 2.45) is 0 Å². The highest BCUT2D eigenvalue weighted by atomic mass is 127. The molecule has 6 heteroatoms. The Hall–Kier alpha value is 1.78. The summed E-state index contributed by atoms with van der Waals surface area (Å²) in [6.45, 7) is 3.94. The lowest BCUT2D eigenvalue weighted by atomic mass is 9.99. The quantitative estimate of drug-likeness (QED) is 0.230. The molecule has 0 aromatic heterocycles. The zero-order valence-electron chi connectivity index (χ0n) is 13.1. The smallest absolute Gasteiger partial charge is 0.0342 e. The molecule has 0 atom stereocenters. The van der Waals surface area contributed by atoms with Crippen molar-refractivity contribution in [2.45, 2.75) is 0 Å². The second-order valence-electron chi connectivity index (χ2n) is 5.47. The molecule has 0 saturated heterocycles. The second kappa shape index (κ2) is 9.73. The van der Waals surface area contributed by atoms with Gasteiger partial charge in [0.05, 0.1) is 0 Å². The average Bonchev–Trinajstić information content (AvgIpc) is 2.56. The lowest BCUT2D eigenvalue weighted by Gasteiger charge is -2.14. The third-order valence-corrected chi connectivity index (χ3v) is 10.5. The first-order chi connectivity index (χ1) is 12.3. The number of hydrogen-bond donors (Lipinski definition) is 0. The monoisotopic (exact) mass is 1010 g/mol. The van der Waals surface area contributed by atoms with Crippen LogP contribution < -0.4 is 0 Å². The Morgan fingerprint density at radius 1 is 0.654 bits per heavy atom. The minimum atomic E-state index is 1.21. The molecule has 0 nitrogen and oxygen atoms in total. The summed E-state index contributed by atoms with van der Waals surface area (Å²) in [4.78, 5) is 0. The van der Waals surface area contributed by atoms with Gasteiger partial charge in [-0.1, -0.05) is 24.8 Å². The molecule has 132 valence electrons. The van der Waals surface area contributed by atoms with Gasteiger partial charge in [0.15, 0.2) is 0 Å². The van der Waals surface area contributed by atoms with Crippen LogP contribution in [0.1, 0.15) is 5.56 Å². The van der Waals surface area contributed by atoms with Crippen molar-refractivity contribution in [3.05, 3.63) is 76.0 Å². The highest BCUT2D eigenvalue weighted by Crippen LogP contribution is 2.38. The molecule has 0 bridgehead atoms. The maximum atomic E-state index is 3.94. The Balaban J connectivity index is 2.18. The van der Waals surface area contributed by atoms with E-state index < -0.39 is 0 Å². The molecule has 0 heterocycles. The third-order valence-electron chi connectivity index (χ3n) is 3.88. The molecule has 0 aliphatic heterocycles. The summed E-state index contributed by atoms with van der Waals surface area (Å²) in [5.41, 5.74) is 6.36. The van der Waals surface area contributed by atoms with Crippen LogP contribution >= 0.6 is 136 Å². The summed E-state index contributed by atoms with van der Waals surface area (Å²) in [6.07, 6.45) is 1.94. The maximum absolute atomic E-state index is 3.94. The molecule has 0 saturated carbocycles. The van der Waals surface area contributed by atoms with Crippen molar-refractivity contribution in [3.63, 3.8) is 0 Å². The van der Waals surface area contributed by atoms with E-state index in [1.54, 1.807) is 0 Å². The van der Waals surface area contributed by atoms with E-state index in [2.05, 4.69) is 185 Å². The van der Waals surface area contributed by atoms with E-state index in [1.165, 1.54) is 49.2 Å². The number of hydrogen-bond acceptors (Lipinski definition) is 0. The third kappa shape index (κ3) is 4.74. The first-order valence-corrected chi connectivity index (χ1v) is 13.9. The molecule has 0 unspecified atom stereocenters. The second-order valence-corrected chi connectivity index (χ2v) is 12.4.